The lowest BCUT2D eigenvalue weighted by molar-refractivity contribution is 0.157. The van der Waals surface area contributed by atoms with Gasteiger partial charge in [-0.3, -0.25) is 0 Å². The van der Waals surface area contributed by atoms with Gasteiger partial charge in [-0.1, -0.05) is 20.8 Å². The Balaban J connectivity index is 2.47. The fourth-order valence-electron chi connectivity index (χ4n) is 3.22. The predicted molar refractivity (Wildman–Crippen MR) is 86.8 cm³/mol. The van der Waals surface area contributed by atoms with Crippen LogP contribution in [-0.4, -0.2) is 33.0 Å². The van der Waals surface area contributed by atoms with Crippen LogP contribution in [0.15, 0.2) is 0 Å². The van der Waals surface area contributed by atoms with Crippen LogP contribution in [-0.2, 0) is 9.84 Å². The van der Waals surface area contributed by atoms with Gasteiger partial charge in [-0.15, -0.1) is 0 Å². The molecule has 1 N–H and O–H groups in total. The van der Waals surface area contributed by atoms with Crippen LogP contribution in [0.1, 0.15) is 65.7 Å². The van der Waals surface area contributed by atoms with Crippen molar-refractivity contribution in [3.05, 3.63) is 0 Å². The lowest BCUT2D eigenvalue weighted by Gasteiger charge is -2.38. The SMILES string of the molecule is CCCNC(CCCS(C)(=O)=O)C1CCC(C)(C)CC1. The van der Waals surface area contributed by atoms with Crippen LogP contribution < -0.4 is 5.32 Å². The van der Waals surface area contributed by atoms with Crippen molar-refractivity contribution in [3.8, 4) is 0 Å². The normalized spacial score (nSPS) is 21.8. The first-order chi connectivity index (χ1) is 9.23. The standard InChI is InChI=1S/C16H33NO2S/c1-5-12-17-15(7-6-13-20(4,18)19)14-8-10-16(2,3)11-9-14/h14-15,17H,5-13H2,1-4H3. The second-order valence-corrected chi connectivity index (χ2v) is 9.59. The zero-order valence-electron chi connectivity index (χ0n) is 13.7. The van der Waals surface area contributed by atoms with E-state index in [1.54, 1.807) is 0 Å². The Morgan fingerprint density at radius 2 is 1.85 bits per heavy atom. The predicted octanol–water partition coefficient (Wildman–Crippen LogP) is 3.40. The highest BCUT2D eigenvalue weighted by Crippen LogP contribution is 2.39. The third-order valence-corrected chi connectivity index (χ3v) is 5.67. The molecule has 0 amide bonds. The van der Waals surface area contributed by atoms with Gasteiger partial charge in [0.05, 0.1) is 0 Å². The van der Waals surface area contributed by atoms with Crippen molar-refractivity contribution in [2.75, 3.05) is 18.6 Å². The molecule has 0 heterocycles. The molecule has 3 nitrogen and oxygen atoms in total. The highest BCUT2D eigenvalue weighted by molar-refractivity contribution is 7.90. The van der Waals surface area contributed by atoms with Crippen molar-refractivity contribution in [1.29, 1.82) is 0 Å². The zero-order valence-corrected chi connectivity index (χ0v) is 14.6. The minimum atomic E-state index is -2.82. The maximum Gasteiger partial charge on any atom is 0.147 e. The average molecular weight is 304 g/mol. The third kappa shape index (κ3) is 7.07. The fraction of sp³-hybridized carbons (Fsp3) is 1.00. The Labute approximate surface area is 125 Å². The zero-order chi connectivity index (χ0) is 15.2. The fourth-order valence-corrected chi connectivity index (χ4v) is 3.91. The van der Waals surface area contributed by atoms with E-state index >= 15 is 0 Å². The number of hydrogen-bond donors (Lipinski definition) is 1. The Bertz CT molecular complexity index is 366. The van der Waals surface area contributed by atoms with Crippen LogP contribution in [0.2, 0.25) is 0 Å². The monoisotopic (exact) mass is 303 g/mol. The molecule has 1 rings (SSSR count). The molecule has 4 heteroatoms. The summed E-state index contributed by atoms with van der Waals surface area (Å²) in [7, 11) is -2.82. The van der Waals surface area contributed by atoms with Gasteiger partial charge in [-0.25, -0.2) is 8.42 Å². The van der Waals surface area contributed by atoms with Crippen LogP contribution in [0, 0.1) is 11.3 Å². The highest BCUT2D eigenvalue weighted by Gasteiger charge is 2.30. The Morgan fingerprint density at radius 1 is 1.25 bits per heavy atom. The molecular formula is C16H33NO2S. The molecule has 120 valence electrons. The van der Waals surface area contributed by atoms with Crippen LogP contribution in [0.25, 0.3) is 0 Å². The Kier molecular flexibility index (Phi) is 6.99. The summed E-state index contributed by atoms with van der Waals surface area (Å²) in [6, 6.07) is 0.507. The molecule has 1 aliphatic carbocycles. The summed E-state index contributed by atoms with van der Waals surface area (Å²) in [5.74, 6) is 1.06. The van der Waals surface area contributed by atoms with Gasteiger partial charge >= 0.3 is 0 Å². The van der Waals surface area contributed by atoms with E-state index in [0.717, 1.165) is 31.7 Å². The van der Waals surface area contributed by atoms with Crippen molar-refractivity contribution >= 4 is 9.84 Å². The first-order valence-corrected chi connectivity index (χ1v) is 10.2. The summed E-state index contributed by atoms with van der Waals surface area (Å²) >= 11 is 0. The summed E-state index contributed by atoms with van der Waals surface area (Å²) in [6.45, 7) is 7.96. The molecule has 0 aromatic carbocycles. The smallest absolute Gasteiger partial charge is 0.147 e. The van der Waals surface area contributed by atoms with Crippen LogP contribution in [0.4, 0.5) is 0 Å². The highest BCUT2D eigenvalue weighted by atomic mass is 32.2. The number of sulfone groups is 1. The van der Waals surface area contributed by atoms with E-state index in [2.05, 4.69) is 26.1 Å². The maximum atomic E-state index is 11.3. The van der Waals surface area contributed by atoms with Gasteiger partial charge < -0.3 is 5.32 Å². The number of rotatable bonds is 8. The van der Waals surface area contributed by atoms with E-state index in [0.29, 0.717) is 17.2 Å². The molecule has 1 saturated carbocycles. The first kappa shape index (κ1) is 18.0. The molecular weight excluding hydrogens is 270 g/mol. The quantitative estimate of drug-likeness (QED) is 0.747. The second kappa shape index (κ2) is 7.79. The largest absolute Gasteiger partial charge is 0.314 e. The molecule has 1 aliphatic rings. The maximum absolute atomic E-state index is 11.3. The molecule has 0 aromatic heterocycles. The van der Waals surface area contributed by atoms with Crippen molar-refractivity contribution in [3.63, 3.8) is 0 Å². The van der Waals surface area contributed by atoms with Gasteiger partial charge in [0.15, 0.2) is 0 Å². The molecule has 0 aromatic rings. The summed E-state index contributed by atoms with van der Waals surface area (Å²) < 4.78 is 22.5. The summed E-state index contributed by atoms with van der Waals surface area (Å²) in [5.41, 5.74) is 0.499. The molecule has 1 unspecified atom stereocenters. The Hall–Kier alpha value is -0.0900. The molecule has 0 spiro atoms. The van der Waals surface area contributed by atoms with Crippen LogP contribution >= 0.6 is 0 Å². The minimum Gasteiger partial charge on any atom is -0.314 e. The van der Waals surface area contributed by atoms with E-state index in [1.807, 2.05) is 0 Å². The van der Waals surface area contributed by atoms with Crippen molar-refractivity contribution < 1.29 is 8.42 Å². The summed E-state index contributed by atoms with van der Waals surface area (Å²) in [5, 5.41) is 3.66. The molecule has 0 bridgehead atoms. The van der Waals surface area contributed by atoms with E-state index in [9.17, 15) is 8.42 Å². The number of hydrogen-bond acceptors (Lipinski definition) is 3. The van der Waals surface area contributed by atoms with E-state index in [-0.39, 0.29) is 0 Å². The van der Waals surface area contributed by atoms with Crippen molar-refractivity contribution in [1.82, 2.24) is 5.32 Å². The second-order valence-electron chi connectivity index (χ2n) is 7.33. The van der Waals surface area contributed by atoms with Gasteiger partial charge in [-0.05, 0) is 62.8 Å². The Morgan fingerprint density at radius 3 is 2.35 bits per heavy atom. The molecule has 0 aliphatic heterocycles. The van der Waals surface area contributed by atoms with Gasteiger partial charge in [0, 0.05) is 18.1 Å². The summed E-state index contributed by atoms with van der Waals surface area (Å²) in [6.07, 6.45) is 9.44. The molecule has 0 radical (unpaired) electrons. The van der Waals surface area contributed by atoms with Crippen molar-refractivity contribution in [2.24, 2.45) is 11.3 Å². The first-order valence-electron chi connectivity index (χ1n) is 8.14. The average Bonchev–Trinajstić information content (AvgIpc) is 2.32. The minimum absolute atomic E-state index is 0.329. The van der Waals surface area contributed by atoms with Gasteiger partial charge in [0.1, 0.15) is 9.84 Å². The van der Waals surface area contributed by atoms with E-state index in [1.165, 1.54) is 31.9 Å². The van der Waals surface area contributed by atoms with Gasteiger partial charge in [0.25, 0.3) is 0 Å². The van der Waals surface area contributed by atoms with E-state index < -0.39 is 9.84 Å². The van der Waals surface area contributed by atoms with Gasteiger partial charge in [0.2, 0.25) is 0 Å². The number of nitrogens with one attached hydrogen (secondary N) is 1. The van der Waals surface area contributed by atoms with Gasteiger partial charge in [-0.2, -0.15) is 0 Å². The van der Waals surface area contributed by atoms with Crippen LogP contribution in [0.3, 0.4) is 0 Å². The summed E-state index contributed by atoms with van der Waals surface area (Å²) in [4.78, 5) is 0. The third-order valence-electron chi connectivity index (χ3n) is 4.64. The molecule has 0 saturated heterocycles. The van der Waals surface area contributed by atoms with Crippen LogP contribution in [0.5, 0.6) is 0 Å². The van der Waals surface area contributed by atoms with E-state index in [4.69, 9.17) is 0 Å². The lowest BCUT2D eigenvalue weighted by atomic mass is 9.70. The molecule has 20 heavy (non-hydrogen) atoms. The van der Waals surface area contributed by atoms with Crippen molar-refractivity contribution in [2.45, 2.75) is 71.8 Å². The molecule has 1 atom stereocenters. The molecule has 1 fully saturated rings. The topological polar surface area (TPSA) is 46.2 Å². The lowest BCUT2D eigenvalue weighted by Crippen LogP contribution is -2.39.